The lowest BCUT2D eigenvalue weighted by Gasteiger charge is -2.34. The molecule has 0 spiro atoms. The summed E-state index contributed by atoms with van der Waals surface area (Å²) in [5, 5.41) is 27.9. The van der Waals surface area contributed by atoms with Crippen LogP contribution in [0, 0.1) is 35.5 Å². The maximum absolute atomic E-state index is 13.3. The Morgan fingerprint density at radius 1 is 1.22 bits per heavy atom. The van der Waals surface area contributed by atoms with Crippen LogP contribution in [0.15, 0.2) is 11.0 Å². The van der Waals surface area contributed by atoms with Crippen molar-refractivity contribution >= 4 is 52.3 Å². The lowest BCUT2D eigenvalue weighted by atomic mass is 9.72. The highest BCUT2D eigenvalue weighted by atomic mass is 35.5. The zero-order valence-electron chi connectivity index (χ0n) is 23.0. The van der Waals surface area contributed by atoms with Crippen LogP contribution in [-0.4, -0.2) is 49.5 Å². The topological polar surface area (TPSA) is 99.5 Å². The normalized spacial score (nSPS) is 37.5. The van der Waals surface area contributed by atoms with Gasteiger partial charge in [0, 0.05) is 22.6 Å². The SMILES string of the molecule is CC(=Cc1csc(C)n1)[C@@H]1C[C@@H]2C(Cl)(Cl)[C@]2(C)CCCC(C)[C@H](O)[C@@H](C)C(=O)C(C)(C)[C@@H](O)CC(=O)N1. The summed E-state index contributed by atoms with van der Waals surface area (Å²) in [6, 6.07) is -0.350. The van der Waals surface area contributed by atoms with Crippen LogP contribution in [-0.2, 0) is 9.59 Å². The number of hydrogen-bond acceptors (Lipinski definition) is 6. The van der Waals surface area contributed by atoms with Gasteiger partial charge in [-0.05, 0) is 50.7 Å². The van der Waals surface area contributed by atoms with E-state index in [-0.39, 0.29) is 41.4 Å². The minimum Gasteiger partial charge on any atom is -0.392 e. The molecule has 3 N–H and O–H groups in total. The van der Waals surface area contributed by atoms with E-state index in [1.54, 1.807) is 32.1 Å². The van der Waals surface area contributed by atoms with Gasteiger partial charge in [-0.25, -0.2) is 4.98 Å². The predicted molar refractivity (Wildman–Crippen MR) is 151 cm³/mol. The number of thiazole rings is 1. The summed E-state index contributed by atoms with van der Waals surface area (Å²) in [5.41, 5.74) is 0.231. The number of ketones is 1. The largest absolute Gasteiger partial charge is 0.392 e. The average molecular weight is 574 g/mol. The van der Waals surface area contributed by atoms with Gasteiger partial charge in [-0.1, -0.05) is 41.0 Å². The van der Waals surface area contributed by atoms with Gasteiger partial charge in [0.2, 0.25) is 5.91 Å². The minimum absolute atomic E-state index is 0.0378. The number of rotatable bonds is 2. The fraction of sp³-hybridized carbons (Fsp3) is 0.750. The van der Waals surface area contributed by atoms with E-state index in [0.29, 0.717) is 6.42 Å². The van der Waals surface area contributed by atoms with Gasteiger partial charge >= 0.3 is 0 Å². The number of alkyl halides is 2. The van der Waals surface area contributed by atoms with Crippen molar-refractivity contribution in [3.05, 3.63) is 21.7 Å². The van der Waals surface area contributed by atoms with Crippen molar-refractivity contribution in [3.8, 4) is 0 Å². The smallest absolute Gasteiger partial charge is 0.223 e. The number of halogens is 2. The third-order valence-electron chi connectivity index (χ3n) is 8.96. The van der Waals surface area contributed by atoms with Crippen LogP contribution in [0.1, 0.15) is 84.3 Å². The second-order valence-corrected chi connectivity index (χ2v) is 14.5. The maximum atomic E-state index is 13.3. The average Bonchev–Trinajstić information content (AvgIpc) is 3.06. The summed E-state index contributed by atoms with van der Waals surface area (Å²) in [4.78, 5) is 31.0. The van der Waals surface area contributed by atoms with Crippen LogP contribution >= 0.6 is 34.5 Å². The van der Waals surface area contributed by atoms with E-state index >= 15 is 0 Å². The van der Waals surface area contributed by atoms with Gasteiger partial charge in [0.1, 0.15) is 10.1 Å². The number of Topliss-reactive ketones (excluding diaryl/α,β-unsaturated/α-hetero) is 1. The Morgan fingerprint density at radius 3 is 2.46 bits per heavy atom. The van der Waals surface area contributed by atoms with Crippen molar-refractivity contribution < 1.29 is 19.8 Å². The van der Waals surface area contributed by atoms with Gasteiger partial charge in [0.15, 0.2) is 0 Å². The predicted octanol–water partition coefficient (Wildman–Crippen LogP) is 5.70. The van der Waals surface area contributed by atoms with E-state index in [1.165, 1.54) is 0 Å². The van der Waals surface area contributed by atoms with E-state index < -0.39 is 27.9 Å². The van der Waals surface area contributed by atoms with Crippen LogP contribution in [0.5, 0.6) is 0 Å². The van der Waals surface area contributed by atoms with Crippen molar-refractivity contribution in [1.82, 2.24) is 10.3 Å². The number of aromatic nitrogens is 1. The van der Waals surface area contributed by atoms with Gasteiger partial charge in [-0.3, -0.25) is 9.59 Å². The zero-order chi connectivity index (χ0) is 27.9. The van der Waals surface area contributed by atoms with Gasteiger partial charge in [0.05, 0.1) is 40.8 Å². The molecule has 2 aliphatic rings. The zero-order valence-corrected chi connectivity index (χ0v) is 25.3. The minimum atomic E-state index is -1.20. The van der Waals surface area contributed by atoms with E-state index in [1.807, 2.05) is 32.2 Å². The van der Waals surface area contributed by atoms with Crippen LogP contribution < -0.4 is 5.32 Å². The highest BCUT2D eigenvalue weighted by molar-refractivity contribution is 7.09. The molecule has 0 bridgehead atoms. The number of carbonyl (C=O) groups is 2. The van der Waals surface area contributed by atoms with E-state index in [2.05, 4.69) is 17.2 Å². The van der Waals surface area contributed by atoms with Gasteiger partial charge in [-0.15, -0.1) is 34.5 Å². The lowest BCUT2D eigenvalue weighted by Crippen LogP contribution is -2.47. The fourth-order valence-electron chi connectivity index (χ4n) is 5.84. The van der Waals surface area contributed by atoms with E-state index in [0.717, 1.165) is 35.5 Å². The first kappa shape index (κ1) is 30.6. The molecular weight excluding hydrogens is 531 g/mol. The van der Waals surface area contributed by atoms with Gasteiger partial charge in [-0.2, -0.15) is 0 Å². The maximum Gasteiger partial charge on any atom is 0.223 e. The summed E-state index contributed by atoms with van der Waals surface area (Å²) in [7, 11) is 0. The summed E-state index contributed by atoms with van der Waals surface area (Å²) in [6.45, 7) is 12.9. The number of carbonyl (C=O) groups excluding carboxylic acids is 2. The monoisotopic (exact) mass is 572 g/mol. The molecule has 1 unspecified atom stereocenters. The van der Waals surface area contributed by atoms with Crippen molar-refractivity contribution in [2.24, 2.45) is 28.6 Å². The van der Waals surface area contributed by atoms with Crippen molar-refractivity contribution in [2.75, 3.05) is 0 Å². The molecule has 1 amide bonds. The molecule has 208 valence electrons. The number of aliphatic hydroxyl groups is 2. The third kappa shape index (κ3) is 6.27. The molecule has 1 aromatic heterocycles. The Bertz CT molecular complexity index is 1040. The highest BCUT2D eigenvalue weighted by Crippen LogP contribution is 2.72. The molecular formula is C28H42Cl2N2O4S. The summed E-state index contributed by atoms with van der Waals surface area (Å²) < 4.78 is -0.923. The summed E-state index contributed by atoms with van der Waals surface area (Å²) in [6.07, 6.45) is 2.57. The number of aliphatic hydroxyl groups excluding tert-OH is 2. The molecule has 1 saturated carbocycles. The van der Waals surface area contributed by atoms with Gasteiger partial charge in [0.25, 0.3) is 0 Å². The Morgan fingerprint density at radius 2 is 1.86 bits per heavy atom. The van der Waals surface area contributed by atoms with Crippen molar-refractivity contribution in [2.45, 2.75) is 103 Å². The van der Waals surface area contributed by atoms with Crippen LogP contribution in [0.25, 0.3) is 6.08 Å². The Balaban J connectivity index is 1.93. The molecule has 9 heteroatoms. The molecule has 7 atom stereocenters. The number of hydrogen-bond donors (Lipinski definition) is 3. The number of amides is 1. The van der Waals surface area contributed by atoms with E-state index in [9.17, 15) is 19.8 Å². The Labute approximate surface area is 235 Å². The van der Waals surface area contributed by atoms with Gasteiger partial charge < -0.3 is 15.5 Å². The van der Waals surface area contributed by atoms with Crippen LogP contribution in [0.3, 0.4) is 0 Å². The second-order valence-electron chi connectivity index (χ2n) is 12.1. The first-order valence-corrected chi connectivity index (χ1v) is 14.8. The number of fused-ring (bicyclic) bond motifs is 1. The lowest BCUT2D eigenvalue weighted by molar-refractivity contribution is -0.143. The quantitative estimate of drug-likeness (QED) is 0.394. The molecule has 1 aliphatic heterocycles. The molecule has 1 aliphatic carbocycles. The molecule has 6 nitrogen and oxygen atoms in total. The molecule has 37 heavy (non-hydrogen) atoms. The molecule has 0 radical (unpaired) electrons. The third-order valence-corrected chi connectivity index (χ3v) is 11.1. The van der Waals surface area contributed by atoms with Crippen molar-refractivity contribution in [3.63, 3.8) is 0 Å². The van der Waals surface area contributed by atoms with Crippen LogP contribution in [0.4, 0.5) is 0 Å². The highest BCUT2D eigenvalue weighted by Gasteiger charge is 2.72. The second kappa shape index (κ2) is 11.2. The standard InChI is InChI=1S/C28H42Cl2N2O4S/c1-15-9-8-10-27(7)21(28(27,29)30)12-20(16(2)11-19-14-37-18(4)31-19)32-23(34)13-22(33)26(5,6)25(36)17(3)24(15)35/h11,14-15,17,20-22,24,33,35H,8-10,12-13H2,1-7H3,(H,32,34)/t15?,17-,20+,21+,22+,24+,27-/m1/s1. The molecule has 1 saturated heterocycles. The summed E-state index contributed by atoms with van der Waals surface area (Å²) >= 11 is 15.2. The van der Waals surface area contributed by atoms with Crippen LogP contribution in [0.2, 0.25) is 0 Å². The Hall–Kier alpha value is -0.990. The molecule has 2 heterocycles. The molecule has 2 fully saturated rings. The summed E-state index contributed by atoms with van der Waals surface area (Å²) in [5.74, 6) is -1.42. The number of aryl methyl sites for hydroxylation is 1. The van der Waals surface area contributed by atoms with Crippen molar-refractivity contribution in [1.29, 1.82) is 0 Å². The number of nitrogens with one attached hydrogen (secondary N) is 1. The first-order chi connectivity index (χ1) is 17.0. The number of nitrogens with zero attached hydrogens (tertiary/aromatic N) is 1. The van der Waals surface area contributed by atoms with E-state index in [4.69, 9.17) is 23.2 Å². The first-order valence-electron chi connectivity index (χ1n) is 13.2. The Kier molecular flexibility index (Phi) is 9.28. The fourth-order valence-corrected chi connectivity index (χ4v) is 7.42. The molecule has 1 aromatic rings. The molecule has 0 aromatic carbocycles. The molecule has 3 rings (SSSR count).